The second kappa shape index (κ2) is 7.63. The highest BCUT2D eigenvalue weighted by Crippen LogP contribution is 2.31. The Morgan fingerprint density at radius 2 is 1.92 bits per heavy atom. The number of hydrogen-bond donors (Lipinski definition) is 0. The number of halogens is 3. The minimum Gasteiger partial charge on any atom is -0.425 e. The highest BCUT2D eigenvalue weighted by atomic mass is 35.5. The fourth-order valence-corrected chi connectivity index (χ4v) is 2.35. The van der Waals surface area contributed by atoms with E-state index in [1.807, 2.05) is 0 Å². The van der Waals surface area contributed by atoms with Crippen molar-refractivity contribution in [1.29, 1.82) is 0 Å². The van der Waals surface area contributed by atoms with E-state index in [-0.39, 0.29) is 35.3 Å². The lowest BCUT2D eigenvalue weighted by Gasteiger charge is -2.06. The summed E-state index contributed by atoms with van der Waals surface area (Å²) in [5, 5.41) is 4.28. The summed E-state index contributed by atoms with van der Waals surface area (Å²) in [5.41, 5.74) is 0.615. The van der Waals surface area contributed by atoms with Crippen LogP contribution in [0, 0.1) is 5.82 Å². The van der Waals surface area contributed by atoms with Crippen LogP contribution in [0.15, 0.2) is 47.0 Å². The Morgan fingerprint density at radius 3 is 2.68 bits per heavy atom. The van der Waals surface area contributed by atoms with Crippen LogP contribution in [0.2, 0.25) is 10.0 Å². The molecule has 0 spiro atoms. The predicted octanol–water partition coefficient (Wildman–Crippen LogP) is 4.72. The molecule has 1 aromatic heterocycles. The Labute approximate surface area is 152 Å². The number of carbonyl (C=O) groups excluding carboxylic acids is 1. The van der Waals surface area contributed by atoms with E-state index in [4.69, 9.17) is 32.5 Å². The summed E-state index contributed by atoms with van der Waals surface area (Å²) in [6.45, 7) is 0. The molecule has 25 heavy (non-hydrogen) atoms. The summed E-state index contributed by atoms with van der Waals surface area (Å²) < 4.78 is 23.2. The van der Waals surface area contributed by atoms with Gasteiger partial charge in [-0.1, -0.05) is 34.4 Å². The van der Waals surface area contributed by atoms with Crippen LogP contribution < -0.4 is 4.74 Å². The quantitative estimate of drug-likeness (QED) is 0.473. The van der Waals surface area contributed by atoms with Crippen LogP contribution in [-0.4, -0.2) is 16.1 Å². The molecule has 0 unspecified atom stereocenters. The Bertz CT molecular complexity index is 897. The molecule has 0 atom stereocenters. The van der Waals surface area contributed by atoms with Crippen molar-refractivity contribution in [2.24, 2.45) is 0 Å². The summed E-state index contributed by atoms with van der Waals surface area (Å²) in [7, 11) is 0. The third-order valence-electron chi connectivity index (χ3n) is 3.25. The molecule has 0 N–H and O–H groups in total. The molecule has 3 aromatic rings. The fraction of sp³-hybridized carbons (Fsp3) is 0.118. The number of rotatable bonds is 5. The van der Waals surface area contributed by atoms with Crippen LogP contribution in [0.1, 0.15) is 12.3 Å². The number of aromatic nitrogens is 2. The van der Waals surface area contributed by atoms with Crippen molar-refractivity contribution in [3.63, 3.8) is 0 Å². The van der Waals surface area contributed by atoms with E-state index in [0.717, 1.165) is 0 Å². The number of hydrogen-bond acceptors (Lipinski definition) is 5. The molecule has 5 nitrogen and oxygen atoms in total. The Hall–Kier alpha value is -2.44. The molecular formula is C17H11Cl2FN2O3. The van der Waals surface area contributed by atoms with Crippen LogP contribution >= 0.6 is 23.2 Å². The van der Waals surface area contributed by atoms with Gasteiger partial charge in [0, 0.05) is 12.0 Å². The maximum Gasteiger partial charge on any atom is 0.311 e. The van der Waals surface area contributed by atoms with Crippen molar-refractivity contribution in [2.45, 2.75) is 12.8 Å². The molecule has 0 aliphatic rings. The molecule has 0 bridgehead atoms. The lowest BCUT2D eigenvalue weighted by atomic mass is 10.2. The lowest BCUT2D eigenvalue weighted by Crippen LogP contribution is -2.09. The zero-order valence-electron chi connectivity index (χ0n) is 12.7. The number of carbonyl (C=O) groups is 1. The van der Waals surface area contributed by atoms with E-state index in [0.29, 0.717) is 16.4 Å². The highest BCUT2D eigenvalue weighted by molar-refractivity contribution is 6.43. The van der Waals surface area contributed by atoms with Gasteiger partial charge in [-0.15, -0.1) is 0 Å². The fourth-order valence-electron chi connectivity index (χ4n) is 2.02. The predicted molar refractivity (Wildman–Crippen MR) is 90.1 cm³/mol. The summed E-state index contributed by atoms with van der Waals surface area (Å²) in [6.07, 6.45) is 0.221. The molecule has 0 aliphatic heterocycles. The molecule has 0 amide bonds. The van der Waals surface area contributed by atoms with Gasteiger partial charge in [0.2, 0.25) is 11.7 Å². The molecular weight excluding hydrogens is 370 g/mol. The smallest absolute Gasteiger partial charge is 0.311 e. The van der Waals surface area contributed by atoms with Crippen LogP contribution in [0.3, 0.4) is 0 Å². The minimum atomic E-state index is -0.509. The van der Waals surface area contributed by atoms with Crippen molar-refractivity contribution in [3.05, 3.63) is 64.2 Å². The molecule has 0 aliphatic carbocycles. The molecule has 0 saturated carbocycles. The second-order valence-corrected chi connectivity index (χ2v) is 5.83. The number of benzene rings is 2. The van der Waals surface area contributed by atoms with Crippen LogP contribution in [0.4, 0.5) is 4.39 Å². The number of esters is 1. The third kappa shape index (κ3) is 4.35. The number of nitrogens with zero attached hydrogens (tertiary/aromatic N) is 2. The summed E-state index contributed by atoms with van der Waals surface area (Å²) in [6, 6.07) is 10.5. The third-order valence-corrected chi connectivity index (χ3v) is 4.06. The first-order valence-electron chi connectivity index (χ1n) is 7.26. The molecule has 1 heterocycles. The summed E-state index contributed by atoms with van der Waals surface area (Å²) in [4.78, 5) is 16.1. The van der Waals surface area contributed by atoms with Gasteiger partial charge in [0.05, 0.1) is 11.4 Å². The lowest BCUT2D eigenvalue weighted by molar-refractivity contribution is -0.134. The van der Waals surface area contributed by atoms with Gasteiger partial charge in [-0.3, -0.25) is 4.79 Å². The molecule has 0 radical (unpaired) electrons. The topological polar surface area (TPSA) is 65.2 Å². The zero-order chi connectivity index (χ0) is 17.8. The zero-order valence-corrected chi connectivity index (χ0v) is 14.2. The van der Waals surface area contributed by atoms with Gasteiger partial charge < -0.3 is 9.26 Å². The van der Waals surface area contributed by atoms with Gasteiger partial charge >= 0.3 is 5.97 Å². The van der Waals surface area contributed by atoms with Gasteiger partial charge in [-0.25, -0.2) is 4.39 Å². The van der Waals surface area contributed by atoms with Crippen molar-refractivity contribution in [1.82, 2.24) is 10.1 Å². The van der Waals surface area contributed by atoms with Crippen LogP contribution in [0.5, 0.6) is 5.75 Å². The van der Waals surface area contributed by atoms with E-state index in [1.165, 1.54) is 12.1 Å². The van der Waals surface area contributed by atoms with E-state index in [9.17, 15) is 9.18 Å². The van der Waals surface area contributed by atoms with Crippen LogP contribution in [0.25, 0.3) is 11.4 Å². The molecule has 0 fully saturated rings. The van der Waals surface area contributed by atoms with Gasteiger partial charge in [0.25, 0.3) is 0 Å². The SMILES string of the molecule is O=C(CCc1nc(-c2ccc(F)cc2)no1)Oc1cccc(Cl)c1Cl. The van der Waals surface area contributed by atoms with E-state index in [1.54, 1.807) is 30.3 Å². The second-order valence-electron chi connectivity index (χ2n) is 5.04. The van der Waals surface area contributed by atoms with Crippen molar-refractivity contribution in [2.75, 3.05) is 0 Å². The van der Waals surface area contributed by atoms with Gasteiger partial charge in [0.15, 0.2) is 5.75 Å². The normalized spacial score (nSPS) is 10.7. The summed E-state index contributed by atoms with van der Waals surface area (Å²) >= 11 is 11.8. The average molecular weight is 381 g/mol. The molecule has 2 aromatic carbocycles. The van der Waals surface area contributed by atoms with Gasteiger partial charge in [-0.2, -0.15) is 4.98 Å². The average Bonchev–Trinajstić information content (AvgIpc) is 3.07. The highest BCUT2D eigenvalue weighted by Gasteiger charge is 2.14. The van der Waals surface area contributed by atoms with E-state index >= 15 is 0 Å². The Balaban J connectivity index is 1.59. The van der Waals surface area contributed by atoms with Crippen LogP contribution in [-0.2, 0) is 11.2 Å². The maximum atomic E-state index is 12.9. The number of ether oxygens (including phenoxy) is 1. The van der Waals surface area contributed by atoms with Gasteiger partial charge in [-0.05, 0) is 36.4 Å². The van der Waals surface area contributed by atoms with E-state index < -0.39 is 5.97 Å². The first-order chi connectivity index (χ1) is 12.0. The van der Waals surface area contributed by atoms with Crippen molar-refractivity contribution in [3.8, 4) is 17.1 Å². The molecule has 128 valence electrons. The maximum absolute atomic E-state index is 12.9. The van der Waals surface area contributed by atoms with Gasteiger partial charge in [0.1, 0.15) is 10.8 Å². The molecule has 0 saturated heterocycles. The standard InChI is InChI=1S/C17H11Cl2FN2O3/c18-12-2-1-3-13(16(12)19)24-15(23)9-8-14-21-17(22-25-14)10-4-6-11(20)7-5-10/h1-7H,8-9H2. The largest absolute Gasteiger partial charge is 0.425 e. The summed E-state index contributed by atoms with van der Waals surface area (Å²) in [5.74, 6) is -0.0768. The Morgan fingerprint density at radius 1 is 1.16 bits per heavy atom. The first kappa shape index (κ1) is 17.4. The minimum absolute atomic E-state index is 0.0217. The Kier molecular flexibility index (Phi) is 5.31. The monoisotopic (exact) mass is 380 g/mol. The van der Waals surface area contributed by atoms with Crippen molar-refractivity contribution < 1.29 is 18.4 Å². The van der Waals surface area contributed by atoms with E-state index in [2.05, 4.69) is 10.1 Å². The molecule has 3 rings (SSSR count). The number of aryl methyl sites for hydroxylation is 1. The molecule has 8 heteroatoms. The first-order valence-corrected chi connectivity index (χ1v) is 8.02. The van der Waals surface area contributed by atoms with Crippen molar-refractivity contribution >= 4 is 29.2 Å².